The molecule has 0 saturated heterocycles. The number of anilines is 1. The van der Waals surface area contributed by atoms with Crippen molar-refractivity contribution in [1.29, 1.82) is 0 Å². The van der Waals surface area contributed by atoms with Gasteiger partial charge in [-0.25, -0.2) is 0 Å². The number of fused-ring (bicyclic) bond motifs is 1. The molecular weight excluding hydrogens is 304 g/mol. The van der Waals surface area contributed by atoms with Gasteiger partial charge in [-0.05, 0) is 23.4 Å². The Hall–Kier alpha value is -1.39. The molecule has 0 saturated carbocycles. The van der Waals surface area contributed by atoms with Crippen molar-refractivity contribution in [3.05, 3.63) is 40.9 Å². The van der Waals surface area contributed by atoms with Crippen LogP contribution in [-0.4, -0.2) is 11.9 Å². The first-order chi connectivity index (χ1) is 9.00. The molecule has 3 N–H and O–H groups in total. The Morgan fingerprint density at radius 1 is 1.16 bits per heavy atom. The summed E-state index contributed by atoms with van der Waals surface area (Å²) in [5, 5.41) is 4.98. The molecule has 0 spiro atoms. The van der Waals surface area contributed by atoms with Crippen LogP contribution in [0.3, 0.4) is 0 Å². The molecule has 4 heteroatoms. The Balaban J connectivity index is 2.36. The lowest BCUT2D eigenvalue weighted by atomic mass is 10.0. The topological polar surface area (TPSA) is 55.1 Å². The number of amides is 1. The molecule has 0 bridgehead atoms. The Morgan fingerprint density at radius 2 is 1.79 bits per heavy atom. The molecule has 0 aliphatic rings. The van der Waals surface area contributed by atoms with Crippen molar-refractivity contribution in [2.75, 3.05) is 5.32 Å². The van der Waals surface area contributed by atoms with E-state index >= 15 is 0 Å². The lowest BCUT2D eigenvalue weighted by Crippen LogP contribution is -2.39. The minimum absolute atomic E-state index is 0.113. The van der Waals surface area contributed by atoms with Crippen molar-refractivity contribution < 1.29 is 4.79 Å². The van der Waals surface area contributed by atoms with E-state index in [1.807, 2.05) is 50.2 Å². The van der Waals surface area contributed by atoms with E-state index in [1.165, 1.54) is 0 Å². The molecule has 3 nitrogen and oxygen atoms in total. The summed E-state index contributed by atoms with van der Waals surface area (Å²) in [6.45, 7) is 3.87. The molecule has 19 heavy (non-hydrogen) atoms. The van der Waals surface area contributed by atoms with Gasteiger partial charge in [0.15, 0.2) is 0 Å². The zero-order valence-corrected chi connectivity index (χ0v) is 12.6. The molecule has 0 aliphatic carbocycles. The standard InChI is InChI=1S/C15H17BrN2O/c1-9(2)14(17)15(19)18-13-8-7-12(16)10-5-3-4-6-11(10)13/h3-9,14H,17H2,1-2H3,(H,18,19)/t14-/m0/s1. The van der Waals surface area contributed by atoms with Crippen molar-refractivity contribution in [2.24, 2.45) is 11.7 Å². The summed E-state index contributed by atoms with van der Waals surface area (Å²) in [4.78, 5) is 12.0. The first-order valence-electron chi connectivity index (χ1n) is 6.24. The minimum atomic E-state index is -0.498. The van der Waals surface area contributed by atoms with Crippen LogP contribution in [0.5, 0.6) is 0 Å². The summed E-state index contributed by atoms with van der Waals surface area (Å²) >= 11 is 3.51. The Kier molecular flexibility index (Phi) is 4.22. The number of nitrogens with one attached hydrogen (secondary N) is 1. The quantitative estimate of drug-likeness (QED) is 0.909. The molecule has 1 atom stereocenters. The van der Waals surface area contributed by atoms with Crippen molar-refractivity contribution >= 4 is 38.3 Å². The van der Waals surface area contributed by atoms with E-state index in [0.29, 0.717) is 0 Å². The van der Waals surface area contributed by atoms with E-state index in [9.17, 15) is 4.79 Å². The maximum absolute atomic E-state index is 12.0. The van der Waals surface area contributed by atoms with Crippen LogP contribution in [0.25, 0.3) is 10.8 Å². The van der Waals surface area contributed by atoms with Crippen LogP contribution < -0.4 is 11.1 Å². The molecule has 0 aromatic heterocycles. The minimum Gasteiger partial charge on any atom is -0.324 e. The van der Waals surface area contributed by atoms with Crippen LogP contribution in [0.4, 0.5) is 5.69 Å². The van der Waals surface area contributed by atoms with Crippen LogP contribution >= 0.6 is 15.9 Å². The van der Waals surface area contributed by atoms with Gasteiger partial charge in [0.1, 0.15) is 0 Å². The smallest absolute Gasteiger partial charge is 0.241 e. The second-order valence-electron chi connectivity index (χ2n) is 4.90. The maximum atomic E-state index is 12.0. The fourth-order valence-corrected chi connectivity index (χ4v) is 2.37. The zero-order valence-electron chi connectivity index (χ0n) is 11.0. The molecule has 0 radical (unpaired) electrons. The number of hydrogen-bond acceptors (Lipinski definition) is 2. The van der Waals surface area contributed by atoms with E-state index in [2.05, 4.69) is 21.2 Å². The number of carbonyl (C=O) groups excluding carboxylic acids is 1. The van der Waals surface area contributed by atoms with Crippen molar-refractivity contribution in [2.45, 2.75) is 19.9 Å². The van der Waals surface area contributed by atoms with E-state index in [-0.39, 0.29) is 11.8 Å². The number of benzene rings is 2. The van der Waals surface area contributed by atoms with E-state index in [1.54, 1.807) is 0 Å². The highest BCUT2D eigenvalue weighted by molar-refractivity contribution is 9.10. The number of hydrogen-bond donors (Lipinski definition) is 2. The van der Waals surface area contributed by atoms with Crippen LogP contribution in [0.15, 0.2) is 40.9 Å². The monoisotopic (exact) mass is 320 g/mol. The number of carbonyl (C=O) groups is 1. The third kappa shape index (κ3) is 2.96. The predicted molar refractivity (Wildman–Crippen MR) is 83.1 cm³/mol. The summed E-state index contributed by atoms with van der Waals surface area (Å²) in [6, 6.07) is 11.2. The van der Waals surface area contributed by atoms with Gasteiger partial charge in [0.25, 0.3) is 0 Å². The number of rotatable bonds is 3. The molecule has 2 aromatic carbocycles. The molecule has 2 rings (SSSR count). The van der Waals surface area contributed by atoms with E-state index in [4.69, 9.17) is 5.73 Å². The third-order valence-corrected chi connectivity index (χ3v) is 3.84. The summed E-state index contributed by atoms with van der Waals surface area (Å²) < 4.78 is 1.01. The van der Waals surface area contributed by atoms with Gasteiger partial charge in [-0.2, -0.15) is 0 Å². The molecular formula is C15H17BrN2O. The highest BCUT2D eigenvalue weighted by Gasteiger charge is 2.18. The van der Waals surface area contributed by atoms with Crippen molar-refractivity contribution in [3.63, 3.8) is 0 Å². The zero-order chi connectivity index (χ0) is 14.0. The van der Waals surface area contributed by atoms with Gasteiger partial charge in [-0.15, -0.1) is 0 Å². The van der Waals surface area contributed by atoms with E-state index < -0.39 is 6.04 Å². The van der Waals surface area contributed by atoms with E-state index in [0.717, 1.165) is 20.9 Å². The molecule has 1 amide bonds. The third-order valence-electron chi connectivity index (χ3n) is 3.15. The van der Waals surface area contributed by atoms with Crippen molar-refractivity contribution in [3.8, 4) is 0 Å². The van der Waals surface area contributed by atoms with Crippen LogP contribution in [0.1, 0.15) is 13.8 Å². The first-order valence-corrected chi connectivity index (χ1v) is 7.03. The Bertz CT molecular complexity index is 610. The van der Waals surface area contributed by atoms with Gasteiger partial charge in [0.05, 0.1) is 6.04 Å². The molecule has 0 heterocycles. The van der Waals surface area contributed by atoms with Crippen molar-refractivity contribution in [1.82, 2.24) is 0 Å². The predicted octanol–water partition coefficient (Wildman–Crippen LogP) is 3.52. The van der Waals surface area contributed by atoms with Gasteiger partial charge >= 0.3 is 0 Å². The maximum Gasteiger partial charge on any atom is 0.241 e. The SMILES string of the molecule is CC(C)[C@H](N)C(=O)Nc1ccc(Br)c2ccccc12. The largest absolute Gasteiger partial charge is 0.324 e. The van der Waals surface area contributed by atoms with Crippen LogP contribution in [0, 0.1) is 5.92 Å². The van der Waals surface area contributed by atoms with Gasteiger partial charge in [-0.1, -0.05) is 54.0 Å². The molecule has 0 fully saturated rings. The number of nitrogens with two attached hydrogens (primary N) is 1. The summed E-state index contributed by atoms with van der Waals surface area (Å²) in [5.41, 5.74) is 6.65. The van der Waals surface area contributed by atoms with Gasteiger partial charge in [0.2, 0.25) is 5.91 Å². The number of halogens is 1. The Labute approximate surface area is 121 Å². The average Bonchev–Trinajstić information content (AvgIpc) is 2.41. The summed E-state index contributed by atoms with van der Waals surface area (Å²) in [5.74, 6) is -0.0378. The fraction of sp³-hybridized carbons (Fsp3) is 0.267. The molecule has 2 aromatic rings. The van der Waals surface area contributed by atoms with Crippen LogP contribution in [-0.2, 0) is 4.79 Å². The molecule has 0 unspecified atom stereocenters. The summed E-state index contributed by atoms with van der Waals surface area (Å²) in [6.07, 6.45) is 0. The second-order valence-corrected chi connectivity index (χ2v) is 5.75. The Morgan fingerprint density at radius 3 is 2.42 bits per heavy atom. The van der Waals surface area contributed by atoms with Gasteiger partial charge in [-0.3, -0.25) is 4.79 Å². The molecule has 0 aliphatic heterocycles. The van der Waals surface area contributed by atoms with Gasteiger partial charge < -0.3 is 11.1 Å². The second kappa shape index (κ2) is 5.72. The lowest BCUT2D eigenvalue weighted by molar-refractivity contribution is -0.118. The van der Waals surface area contributed by atoms with Crippen LogP contribution in [0.2, 0.25) is 0 Å². The lowest BCUT2D eigenvalue weighted by Gasteiger charge is -2.16. The normalized spacial score (nSPS) is 12.7. The highest BCUT2D eigenvalue weighted by Crippen LogP contribution is 2.30. The summed E-state index contributed by atoms with van der Waals surface area (Å²) in [7, 11) is 0. The average molecular weight is 321 g/mol. The highest BCUT2D eigenvalue weighted by atomic mass is 79.9. The van der Waals surface area contributed by atoms with Gasteiger partial charge in [0, 0.05) is 15.5 Å². The first kappa shape index (κ1) is 14.0. The fourth-order valence-electron chi connectivity index (χ4n) is 1.89. The molecule has 100 valence electrons.